The van der Waals surface area contributed by atoms with Crippen LogP contribution in [0.5, 0.6) is 0 Å². The van der Waals surface area contributed by atoms with Crippen LogP contribution < -0.4 is 0 Å². The molecule has 82 valence electrons. The second kappa shape index (κ2) is 4.51. The van der Waals surface area contributed by atoms with Gasteiger partial charge in [0.15, 0.2) is 0 Å². The molecule has 0 bridgehead atoms. The molecule has 3 heteroatoms. The van der Waals surface area contributed by atoms with Gasteiger partial charge in [-0.2, -0.15) is 0 Å². The number of carbonyl (C=O) groups is 1. The van der Waals surface area contributed by atoms with Crippen molar-refractivity contribution in [3.63, 3.8) is 0 Å². The van der Waals surface area contributed by atoms with Crippen LogP contribution in [0.3, 0.4) is 0 Å². The average molecular weight is 207 g/mol. The molecule has 1 saturated carbocycles. The minimum Gasteiger partial charge on any atom is -0.481 e. The van der Waals surface area contributed by atoms with Gasteiger partial charge < -0.3 is 10.1 Å². The predicted molar refractivity (Wildman–Crippen MR) is 57.7 cm³/mol. The van der Waals surface area contributed by atoms with Gasteiger partial charge >= 0.3 is 5.97 Å². The number of carboxylic acid groups (broad SMARTS) is 1. The van der Waals surface area contributed by atoms with Crippen LogP contribution in [0.4, 0.5) is 0 Å². The van der Waals surface area contributed by atoms with Crippen molar-refractivity contribution in [2.45, 2.75) is 38.0 Å². The Hall–Kier alpha value is -1.25. The van der Waals surface area contributed by atoms with E-state index in [1.54, 1.807) is 6.20 Å². The molecule has 2 rings (SSSR count). The van der Waals surface area contributed by atoms with Crippen LogP contribution in [-0.2, 0) is 4.79 Å². The third kappa shape index (κ3) is 2.22. The summed E-state index contributed by atoms with van der Waals surface area (Å²) < 4.78 is 0. The Bertz CT molecular complexity index is 312. The van der Waals surface area contributed by atoms with Crippen molar-refractivity contribution in [3.05, 3.63) is 24.0 Å². The van der Waals surface area contributed by atoms with Crippen LogP contribution in [0, 0.1) is 5.92 Å². The molecule has 0 radical (unpaired) electrons. The van der Waals surface area contributed by atoms with Crippen LogP contribution in [0.1, 0.15) is 43.6 Å². The normalized spacial score (nSPS) is 20.0. The Balaban J connectivity index is 2.15. The highest BCUT2D eigenvalue weighted by molar-refractivity contribution is 5.76. The summed E-state index contributed by atoms with van der Waals surface area (Å²) in [5, 5.41) is 9.28. The molecule has 0 amide bonds. The Morgan fingerprint density at radius 2 is 2.13 bits per heavy atom. The number of H-pyrrole nitrogens is 1. The highest BCUT2D eigenvalue weighted by atomic mass is 16.4. The van der Waals surface area contributed by atoms with Crippen LogP contribution in [-0.4, -0.2) is 16.1 Å². The zero-order valence-electron chi connectivity index (χ0n) is 8.78. The van der Waals surface area contributed by atoms with Crippen molar-refractivity contribution >= 4 is 5.97 Å². The molecule has 1 heterocycles. The number of carboxylic acids is 1. The van der Waals surface area contributed by atoms with Crippen LogP contribution in [0.2, 0.25) is 0 Å². The number of aromatic nitrogens is 1. The van der Waals surface area contributed by atoms with Gasteiger partial charge in [0, 0.05) is 12.4 Å². The number of hydrogen-bond donors (Lipinski definition) is 2. The van der Waals surface area contributed by atoms with Gasteiger partial charge in [-0.25, -0.2) is 0 Å². The highest BCUT2D eigenvalue weighted by Crippen LogP contribution is 2.36. The second-order valence-corrected chi connectivity index (χ2v) is 4.36. The van der Waals surface area contributed by atoms with Gasteiger partial charge in [-0.15, -0.1) is 0 Å². The first kappa shape index (κ1) is 10.3. The molecular formula is C12H17NO2. The summed E-state index contributed by atoms with van der Waals surface area (Å²) in [5.41, 5.74) is 0.925. The third-order valence-electron chi connectivity index (χ3n) is 3.37. The maximum Gasteiger partial charge on any atom is 0.311 e. The number of aliphatic carboxylic acids is 1. The minimum atomic E-state index is -0.679. The molecule has 0 aromatic carbocycles. The van der Waals surface area contributed by atoms with E-state index in [9.17, 15) is 9.90 Å². The Kier molecular flexibility index (Phi) is 3.09. The van der Waals surface area contributed by atoms with E-state index in [-0.39, 0.29) is 5.92 Å². The monoisotopic (exact) mass is 207 g/mol. The summed E-state index contributed by atoms with van der Waals surface area (Å²) in [5.74, 6) is -0.662. The first-order valence-electron chi connectivity index (χ1n) is 5.64. The fourth-order valence-corrected chi connectivity index (χ4v) is 2.61. The lowest BCUT2D eigenvalue weighted by atomic mass is 9.77. The number of aromatic amines is 1. The molecule has 1 aliphatic rings. The first-order valence-corrected chi connectivity index (χ1v) is 5.64. The molecule has 1 fully saturated rings. The molecule has 0 spiro atoms. The summed E-state index contributed by atoms with van der Waals surface area (Å²) in [6.45, 7) is 0. The summed E-state index contributed by atoms with van der Waals surface area (Å²) in [7, 11) is 0. The van der Waals surface area contributed by atoms with Crippen molar-refractivity contribution in [3.8, 4) is 0 Å². The molecule has 1 aromatic heterocycles. The van der Waals surface area contributed by atoms with Crippen molar-refractivity contribution in [1.29, 1.82) is 0 Å². The largest absolute Gasteiger partial charge is 0.481 e. The second-order valence-electron chi connectivity index (χ2n) is 4.36. The fourth-order valence-electron chi connectivity index (χ4n) is 2.61. The minimum absolute atomic E-state index is 0.309. The van der Waals surface area contributed by atoms with Crippen molar-refractivity contribution in [1.82, 2.24) is 4.98 Å². The molecule has 1 aliphatic carbocycles. The molecule has 0 saturated heterocycles. The molecule has 1 atom stereocenters. The van der Waals surface area contributed by atoms with E-state index < -0.39 is 5.97 Å². The zero-order chi connectivity index (χ0) is 10.7. The number of hydrogen-bond acceptors (Lipinski definition) is 1. The summed E-state index contributed by atoms with van der Waals surface area (Å²) in [6, 6.07) is 1.88. The SMILES string of the molecule is O=C(O)C(c1cc[nH]c1)C1CCCCC1. The molecule has 1 aromatic rings. The van der Waals surface area contributed by atoms with E-state index in [2.05, 4.69) is 4.98 Å². The van der Waals surface area contributed by atoms with E-state index in [0.717, 1.165) is 18.4 Å². The van der Waals surface area contributed by atoms with Gasteiger partial charge in [0.1, 0.15) is 0 Å². The van der Waals surface area contributed by atoms with E-state index in [4.69, 9.17) is 0 Å². The van der Waals surface area contributed by atoms with Gasteiger partial charge in [0.2, 0.25) is 0 Å². The van der Waals surface area contributed by atoms with Gasteiger partial charge in [0.05, 0.1) is 5.92 Å². The Labute approximate surface area is 89.5 Å². The standard InChI is InChI=1S/C12H17NO2/c14-12(15)11(10-6-7-13-8-10)9-4-2-1-3-5-9/h6-9,11,13H,1-5H2,(H,14,15). The van der Waals surface area contributed by atoms with Crippen LogP contribution in [0.25, 0.3) is 0 Å². The number of rotatable bonds is 3. The smallest absolute Gasteiger partial charge is 0.311 e. The van der Waals surface area contributed by atoms with Crippen LogP contribution >= 0.6 is 0 Å². The molecule has 15 heavy (non-hydrogen) atoms. The van der Waals surface area contributed by atoms with Crippen molar-refractivity contribution < 1.29 is 9.90 Å². The van der Waals surface area contributed by atoms with E-state index in [1.165, 1.54) is 19.3 Å². The van der Waals surface area contributed by atoms with Gasteiger partial charge in [-0.05, 0) is 30.4 Å². The quantitative estimate of drug-likeness (QED) is 0.800. The fraction of sp³-hybridized carbons (Fsp3) is 0.583. The van der Waals surface area contributed by atoms with Gasteiger partial charge in [0.25, 0.3) is 0 Å². The van der Waals surface area contributed by atoms with Crippen LogP contribution in [0.15, 0.2) is 18.5 Å². The molecule has 2 N–H and O–H groups in total. The highest BCUT2D eigenvalue weighted by Gasteiger charge is 2.30. The maximum absolute atomic E-state index is 11.3. The Morgan fingerprint density at radius 1 is 1.40 bits per heavy atom. The van der Waals surface area contributed by atoms with Crippen molar-refractivity contribution in [2.75, 3.05) is 0 Å². The summed E-state index contributed by atoms with van der Waals surface area (Å²) >= 11 is 0. The van der Waals surface area contributed by atoms with E-state index >= 15 is 0 Å². The average Bonchev–Trinajstić information content (AvgIpc) is 2.72. The lowest BCUT2D eigenvalue weighted by Crippen LogP contribution is -2.23. The molecule has 3 nitrogen and oxygen atoms in total. The predicted octanol–water partition coefficient (Wildman–Crippen LogP) is 2.76. The Morgan fingerprint density at radius 3 is 2.67 bits per heavy atom. The first-order chi connectivity index (χ1) is 7.29. The number of nitrogens with one attached hydrogen (secondary N) is 1. The lowest BCUT2D eigenvalue weighted by molar-refractivity contribution is -0.140. The topological polar surface area (TPSA) is 53.1 Å². The van der Waals surface area contributed by atoms with E-state index in [1.807, 2.05) is 12.3 Å². The maximum atomic E-state index is 11.3. The molecule has 0 aliphatic heterocycles. The summed E-state index contributed by atoms with van der Waals surface area (Å²) in [6.07, 6.45) is 9.35. The van der Waals surface area contributed by atoms with Crippen molar-refractivity contribution in [2.24, 2.45) is 5.92 Å². The third-order valence-corrected chi connectivity index (χ3v) is 3.37. The zero-order valence-corrected chi connectivity index (χ0v) is 8.78. The summed E-state index contributed by atoms with van der Waals surface area (Å²) in [4.78, 5) is 14.2. The molecule has 1 unspecified atom stereocenters. The van der Waals surface area contributed by atoms with E-state index in [0.29, 0.717) is 5.92 Å². The molecular weight excluding hydrogens is 190 g/mol. The lowest BCUT2D eigenvalue weighted by Gasteiger charge is -2.26. The van der Waals surface area contributed by atoms with Gasteiger partial charge in [-0.3, -0.25) is 4.79 Å². The van der Waals surface area contributed by atoms with Gasteiger partial charge in [-0.1, -0.05) is 19.3 Å².